The Balaban J connectivity index is 1.73. The molecule has 3 N–H and O–H groups in total. The quantitative estimate of drug-likeness (QED) is 0.705. The molecule has 26 heavy (non-hydrogen) atoms. The van der Waals surface area contributed by atoms with Crippen molar-refractivity contribution in [1.29, 1.82) is 0 Å². The summed E-state index contributed by atoms with van der Waals surface area (Å²) >= 11 is 6.10. The van der Waals surface area contributed by atoms with Crippen LogP contribution in [0.25, 0.3) is 0 Å². The number of halogens is 1. The minimum atomic E-state index is -0.496. The van der Waals surface area contributed by atoms with Gasteiger partial charge in [-0.3, -0.25) is 9.59 Å². The number of amides is 2. The molecular weight excluding hydrogens is 352 g/mol. The standard InChI is InChI=1S/C20H19ClN2O3/c21-17-10-3-4-11-18(17)23-20(26)16-9-2-1-8-15(16)19(25)22-13-6-5-7-14(24)12-13/h1-7,10-12,15-16,24H,8-9H2,(H,22,25)(H,23,26). The van der Waals surface area contributed by atoms with Crippen molar-refractivity contribution >= 4 is 34.8 Å². The number of phenolic OH excluding ortho intramolecular Hbond substituents is 1. The van der Waals surface area contributed by atoms with E-state index in [-0.39, 0.29) is 17.6 Å². The van der Waals surface area contributed by atoms with Crippen molar-refractivity contribution in [2.24, 2.45) is 11.8 Å². The third-order valence-corrected chi connectivity index (χ3v) is 4.68. The molecule has 0 saturated heterocycles. The molecule has 0 aliphatic heterocycles. The van der Waals surface area contributed by atoms with Gasteiger partial charge in [0.1, 0.15) is 5.75 Å². The van der Waals surface area contributed by atoms with E-state index in [9.17, 15) is 14.7 Å². The van der Waals surface area contributed by atoms with Crippen LogP contribution in [-0.4, -0.2) is 16.9 Å². The molecule has 0 aromatic heterocycles. The predicted molar refractivity (Wildman–Crippen MR) is 102 cm³/mol. The zero-order valence-electron chi connectivity index (χ0n) is 14.0. The second kappa shape index (κ2) is 8.06. The smallest absolute Gasteiger partial charge is 0.228 e. The van der Waals surface area contributed by atoms with E-state index in [0.29, 0.717) is 29.2 Å². The van der Waals surface area contributed by atoms with E-state index in [1.54, 1.807) is 36.4 Å². The van der Waals surface area contributed by atoms with Crippen LogP contribution >= 0.6 is 11.6 Å². The van der Waals surface area contributed by atoms with E-state index in [1.165, 1.54) is 12.1 Å². The minimum absolute atomic E-state index is 0.0688. The third kappa shape index (κ3) is 4.24. The number of aromatic hydroxyl groups is 1. The Labute approximate surface area is 156 Å². The lowest BCUT2D eigenvalue weighted by Crippen LogP contribution is -2.37. The first-order chi connectivity index (χ1) is 12.5. The Kier molecular flexibility index (Phi) is 5.58. The van der Waals surface area contributed by atoms with Gasteiger partial charge in [0.25, 0.3) is 0 Å². The van der Waals surface area contributed by atoms with Crippen molar-refractivity contribution < 1.29 is 14.7 Å². The number of rotatable bonds is 4. The van der Waals surface area contributed by atoms with Crippen LogP contribution in [0.1, 0.15) is 12.8 Å². The highest BCUT2D eigenvalue weighted by Gasteiger charge is 2.34. The lowest BCUT2D eigenvalue weighted by molar-refractivity contribution is -0.129. The fourth-order valence-corrected chi connectivity index (χ4v) is 3.18. The van der Waals surface area contributed by atoms with Crippen LogP contribution in [0.5, 0.6) is 5.75 Å². The lowest BCUT2D eigenvalue weighted by Gasteiger charge is -2.27. The molecule has 0 saturated carbocycles. The van der Waals surface area contributed by atoms with Gasteiger partial charge in [0.05, 0.1) is 22.5 Å². The fourth-order valence-electron chi connectivity index (χ4n) is 3.00. The molecule has 2 aromatic carbocycles. The summed E-state index contributed by atoms with van der Waals surface area (Å²) in [5.41, 5.74) is 1.02. The number of nitrogens with one attached hydrogen (secondary N) is 2. The van der Waals surface area contributed by atoms with Gasteiger partial charge in [0.15, 0.2) is 0 Å². The van der Waals surface area contributed by atoms with E-state index >= 15 is 0 Å². The van der Waals surface area contributed by atoms with E-state index in [1.807, 2.05) is 12.2 Å². The molecule has 0 heterocycles. The Hall–Kier alpha value is -2.79. The fraction of sp³-hybridized carbons (Fsp3) is 0.200. The van der Waals surface area contributed by atoms with E-state index in [0.717, 1.165) is 0 Å². The normalized spacial score (nSPS) is 19.0. The first-order valence-electron chi connectivity index (χ1n) is 8.35. The number of para-hydroxylation sites is 1. The molecule has 5 nitrogen and oxygen atoms in total. The van der Waals surface area contributed by atoms with Gasteiger partial charge in [-0.05, 0) is 37.1 Å². The molecule has 0 bridgehead atoms. The molecule has 0 fully saturated rings. The summed E-state index contributed by atoms with van der Waals surface area (Å²) in [6, 6.07) is 13.3. The Morgan fingerprint density at radius 2 is 1.58 bits per heavy atom. The summed E-state index contributed by atoms with van der Waals surface area (Å²) in [5.74, 6) is -1.41. The first-order valence-corrected chi connectivity index (χ1v) is 8.72. The maximum Gasteiger partial charge on any atom is 0.228 e. The van der Waals surface area contributed by atoms with E-state index in [2.05, 4.69) is 10.6 Å². The minimum Gasteiger partial charge on any atom is -0.508 e. The molecule has 0 radical (unpaired) electrons. The monoisotopic (exact) mass is 370 g/mol. The van der Waals surface area contributed by atoms with Crippen molar-refractivity contribution in [3.63, 3.8) is 0 Å². The van der Waals surface area contributed by atoms with Gasteiger partial charge in [0, 0.05) is 11.8 Å². The number of carbonyl (C=O) groups is 2. The van der Waals surface area contributed by atoms with Gasteiger partial charge in [-0.25, -0.2) is 0 Å². The molecule has 1 aliphatic rings. The van der Waals surface area contributed by atoms with Gasteiger partial charge in [-0.2, -0.15) is 0 Å². The van der Waals surface area contributed by atoms with Crippen LogP contribution in [0.3, 0.4) is 0 Å². The van der Waals surface area contributed by atoms with Crippen molar-refractivity contribution in [3.8, 4) is 5.75 Å². The largest absolute Gasteiger partial charge is 0.508 e. The van der Waals surface area contributed by atoms with Gasteiger partial charge in [-0.1, -0.05) is 42.0 Å². The molecule has 6 heteroatoms. The van der Waals surface area contributed by atoms with Crippen LogP contribution in [-0.2, 0) is 9.59 Å². The Morgan fingerprint density at radius 3 is 2.23 bits per heavy atom. The summed E-state index contributed by atoms with van der Waals surface area (Å²) < 4.78 is 0. The predicted octanol–water partition coefficient (Wildman–Crippen LogP) is 4.21. The summed E-state index contributed by atoms with van der Waals surface area (Å²) in [6.07, 6.45) is 4.78. The van der Waals surface area contributed by atoms with Gasteiger partial charge in [0.2, 0.25) is 11.8 Å². The third-order valence-electron chi connectivity index (χ3n) is 4.35. The van der Waals surface area contributed by atoms with Crippen LogP contribution in [0, 0.1) is 11.8 Å². The Bertz CT molecular complexity index is 850. The highest BCUT2D eigenvalue weighted by molar-refractivity contribution is 6.33. The first kappa shape index (κ1) is 18.0. The summed E-state index contributed by atoms with van der Waals surface area (Å²) in [7, 11) is 0. The number of phenols is 1. The maximum atomic E-state index is 12.7. The second-order valence-corrected chi connectivity index (χ2v) is 6.57. The van der Waals surface area contributed by atoms with Gasteiger partial charge >= 0.3 is 0 Å². The number of hydrogen-bond donors (Lipinski definition) is 3. The molecule has 134 valence electrons. The molecule has 2 atom stereocenters. The number of anilines is 2. The zero-order valence-corrected chi connectivity index (χ0v) is 14.7. The molecule has 2 unspecified atom stereocenters. The summed E-state index contributed by atoms with van der Waals surface area (Å²) in [6.45, 7) is 0. The molecule has 1 aliphatic carbocycles. The topological polar surface area (TPSA) is 78.4 Å². The summed E-state index contributed by atoms with van der Waals surface area (Å²) in [4.78, 5) is 25.4. The summed E-state index contributed by atoms with van der Waals surface area (Å²) in [5, 5.41) is 15.6. The average Bonchev–Trinajstić information content (AvgIpc) is 2.63. The molecule has 0 spiro atoms. The van der Waals surface area contributed by atoms with Crippen molar-refractivity contribution in [1.82, 2.24) is 0 Å². The van der Waals surface area contributed by atoms with Crippen molar-refractivity contribution in [3.05, 3.63) is 65.7 Å². The van der Waals surface area contributed by atoms with Crippen LogP contribution in [0.15, 0.2) is 60.7 Å². The number of allylic oxidation sites excluding steroid dienone is 2. The Morgan fingerprint density at radius 1 is 0.923 bits per heavy atom. The molecule has 2 amide bonds. The lowest BCUT2D eigenvalue weighted by atomic mass is 9.81. The SMILES string of the molecule is O=C(Nc1cccc(O)c1)C1CC=CCC1C(=O)Nc1ccccc1Cl. The number of hydrogen-bond acceptors (Lipinski definition) is 3. The van der Waals surface area contributed by atoms with Crippen LogP contribution in [0.4, 0.5) is 11.4 Å². The average molecular weight is 371 g/mol. The van der Waals surface area contributed by atoms with Crippen LogP contribution < -0.4 is 10.6 Å². The van der Waals surface area contributed by atoms with E-state index < -0.39 is 11.8 Å². The van der Waals surface area contributed by atoms with Crippen molar-refractivity contribution in [2.45, 2.75) is 12.8 Å². The van der Waals surface area contributed by atoms with Gasteiger partial charge < -0.3 is 15.7 Å². The molecular formula is C20H19ClN2O3. The number of benzene rings is 2. The van der Waals surface area contributed by atoms with Crippen LogP contribution in [0.2, 0.25) is 5.02 Å². The zero-order chi connectivity index (χ0) is 18.5. The highest BCUT2D eigenvalue weighted by atomic mass is 35.5. The molecule has 2 aromatic rings. The second-order valence-electron chi connectivity index (χ2n) is 6.16. The highest BCUT2D eigenvalue weighted by Crippen LogP contribution is 2.30. The maximum absolute atomic E-state index is 12.7. The molecule has 3 rings (SSSR count). The van der Waals surface area contributed by atoms with Gasteiger partial charge in [-0.15, -0.1) is 0 Å². The van der Waals surface area contributed by atoms with Crippen molar-refractivity contribution in [2.75, 3.05) is 10.6 Å². The van der Waals surface area contributed by atoms with E-state index in [4.69, 9.17) is 11.6 Å². The number of carbonyl (C=O) groups excluding carboxylic acids is 2.